The van der Waals surface area contributed by atoms with Crippen LogP contribution in [0.3, 0.4) is 0 Å². The van der Waals surface area contributed by atoms with Crippen molar-refractivity contribution < 1.29 is 24.1 Å². The first kappa shape index (κ1) is 17.2. The first-order valence-electron chi connectivity index (χ1n) is 8.11. The number of aliphatic carboxylic acids is 1. The van der Waals surface area contributed by atoms with Gasteiger partial charge in [-0.2, -0.15) is 0 Å². The monoisotopic (exact) mass is 336 g/mol. The molecule has 7 nitrogen and oxygen atoms in total. The number of carboxylic acid groups (broad SMARTS) is 1. The van der Waals surface area contributed by atoms with Gasteiger partial charge >= 0.3 is 5.97 Å². The number of fused-ring (bicyclic) bond motifs is 1. The van der Waals surface area contributed by atoms with Gasteiger partial charge in [0.05, 0.1) is 19.3 Å². The van der Waals surface area contributed by atoms with E-state index in [1.807, 2.05) is 14.1 Å². The summed E-state index contributed by atoms with van der Waals surface area (Å²) in [5, 5.41) is 12.2. The van der Waals surface area contributed by atoms with Crippen LogP contribution in [0.25, 0.3) is 0 Å². The van der Waals surface area contributed by atoms with Gasteiger partial charge in [0.15, 0.2) is 0 Å². The van der Waals surface area contributed by atoms with Gasteiger partial charge in [0, 0.05) is 26.3 Å². The van der Waals surface area contributed by atoms with E-state index in [0.717, 1.165) is 6.54 Å². The number of carboxylic acids is 1. The molecule has 4 unspecified atom stereocenters. The van der Waals surface area contributed by atoms with Gasteiger partial charge in [-0.25, -0.2) is 4.79 Å². The summed E-state index contributed by atoms with van der Waals surface area (Å²) in [5.74, 6) is -0.979. The Morgan fingerprint density at radius 1 is 1.25 bits per heavy atom. The normalized spacial score (nSPS) is 28.8. The lowest BCUT2D eigenvalue weighted by molar-refractivity contribution is -0.146. The lowest BCUT2D eigenvalue weighted by Gasteiger charge is -2.18. The van der Waals surface area contributed by atoms with Gasteiger partial charge in [-0.15, -0.1) is 0 Å². The second-order valence-corrected chi connectivity index (χ2v) is 6.39. The van der Waals surface area contributed by atoms with Gasteiger partial charge in [0.25, 0.3) is 0 Å². The summed E-state index contributed by atoms with van der Waals surface area (Å²) in [6.07, 6.45) is -0.597. The molecule has 2 aliphatic heterocycles. The van der Waals surface area contributed by atoms with E-state index in [4.69, 9.17) is 19.3 Å². The molecule has 0 aromatic heterocycles. The van der Waals surface area contributed by atoms with Crippen LogP contribution in [0, 0.1) is 0 Å². The number of anilines is 1. The quantitative estimate of drug-likeness (QED) is 0.749. The molecule has 0 saturated carbocycles. The molecule has 2 aliphatic rings. The molecule has 0 radical (unpaired) electrons. The minimum absolute atomic E-state index is 0.0851. The average molecular weight is 336 g/mol. The summed E-state index contributed by atoms with van der Waals surface area (Å²) in [4.78, 5) is 12.7. The molecule has 4 atom stereocenters. The first-order chi connectivity index (χ1) is 11.5. The predicted molar refractivity (Wildman–Crippen MR) is 88.3 cm³/mol. The van der Waals surface area contributed by atoms with Crippen LogP contribution in [0.2, 0.25) is 0 Å². The van der Waals surface area contributed by atoms with Gasteiger partial charge in [0.1, 0.15) is 24.9 Å². The second kappa shape index (κ2) is 7.48. The molecule has 2 saturated heterocycles. The summed E-state index contributed by atoms with van der Waals surface area (Å²) in [7, 11) is 4.03. The molecule has 1 aromatic carbocycles. The molecular weight excluding hydrogens is 312 g/mol. The van der Waals surface area contributed by atoms with Gasteiger partial charge in [0.2, 0.25) is 0 Å². The van der Waals surface area contributed by atoms with Crippen molar-refractivity contribution in [3.05, 3.63) is 29.8 Å². The third-order valence-corrected chi connectivity index (χ3v) is 4.45. The van der Waals surface area contributed by atoms with E-state index in [1.165, 1.54) is 11.3 Å². The highest BCUT2D eigenvalue weighted by Crippen LogP contribution is 2.29. The van der Waals surface area contributed by atoms with Gasteiger partial charge < -0.3 is 29.5 Å². The number of carbonyl (C=O) groups is 1. The molecule has 24 heavy (non-hydrogen) atoms. The Bertz CT molecular complexity index is 563. The highest BCUT2D eigenvalue weighted by molar-refractivity contribution is 5.68. The Kier molecular flexibility index (Phi) is 5.35. The molecular formula is C17H24N2O5. The number of rotatable bonds is 7. The molecule has 2 fully saturated rings. The van der Waals surface area contributed by atoms with E-state index in [1.54, 1.807) is 0 Å². The molecule has 1 aromatic rings. The minimum Gasteiger partial charge on any atom is -0.480 e. The molecule has 3 rings (SSSR count). The number of hydrogen-bond acceptors (Lipinski definition) is 6. The molecule has 0 bridgehead atoms. The first-order valence-corrected chi connectivity index (χ1v) is 8.11. The third kappa shape index (κ3) is 3.87. The highest BCUT2D eigenvalue weighted by atomic mass is 16.6. The number of hydrogen-bond donors (Lipinski definition) is 2. The van der Waals surface area contributed by atoms with Crippen LogP contribution in [-0.4, -0.2) is 69.3 Å². The van der Waals surface area contributed by atoms with Crippen LogP contribution in [0.4, 0.5) is 5.69 Å². The fourth-order valence-electron chi connectivity index (χ4n) is 3.12. The molecule has 132 valence electrons. The van der Waals surface area contributed by atoms with Crippen LogP contribution < -0.4 is 10.2 Å². The zero-order valence-electron chi connectivity index (χ0n) is 14.0. The Morgan fingerprint density at radius 2 is 1.96 bits per heavy atom. The standard InChI is InChI=1S/C17H24N2O5/c1-19(2)12-5-3-11(4-6-12)7-18-13-8-23-17-14(9-24-16(13)17)22-10-15(20)21/h3-6,13-14,16-18H,7-10H2,1-2H3,(H,20,21). The average Bonchev–Trinajstić information content (AvgIpc) is 3.13. The SMILES string of the molecule is CN(C)c1ccc(CNC2COC3C(OCC(=O)O)COC23)cc1. The second-order valence-electron chi connectivity index (χ2n) is 6.39. The minimum atomic E-state index is -0.979. The van der Waals surface area contributed by atoms with E-state index >= 15 is 0 Å². The van der Waals surface area contributed by atoms with E-state index in [2.05, 4.69) is 34.5 Å². The molecule has 0 spiro atoms. The van der Waals surface area contributed by atoms with E-state index in [9.17, 15) is 4.79 Å². The lowest BCUT2D eigenvalue weighted by Crippen LogP contribution is -2.41. The van der Waals surface area contributed by atoms with Crippen molar-refractivity contribution in [1.29, 1.82) is 0 Å². The van der Waals surface area contributed by atoms with E-state index in [-0.39, 0.29) is 31.0 Å². The molecule has 0 aliphatic carbocycles. The maximum atomic E-state index is 10.6. The summed E-state index contributed by atoms with van der Waals surface area (Å²) < 4.78 is 16.9. The van der Waals surface area contributed by atoms with E-state index < -0.39 is 5.97 Å². The van der Waals surface area contributed by atoms with Crippen molar-refractivity contribution in [2.24, 2.45) is 0 Å². The topological polar surface area (TPSA) is 80.3 Å². The zero-order valence-corrected chi connectivity index (χ0v) is 14.0. The molecule has 0 amide bonds. The number of ether oxygens (including phenoxy) is 3. The number of benzene rings is 1. The van der Waals surface area contributed by atoms with Crippen molar-refractivity contribution in [3.63, 3.8) is 0 Å². The Labute approximate surface area is 141 Å². The highest BCUT2D eigenvalue weighted by Gasteiger charge is 2.48. The fraction of sp³-hybridized carbons (Fsp3) is 0.588. The summed E-state index contributed by atoms with van der Waals surface area (Å²) >= 11 is 0. The third-order valence-electron chi connectivity index (χ3n) is 4.45. The van der Waals surface area contributed by atoms with Crippen molar-refractivity contribution in [2.75, 3.05) is 38.8 Å². The number of nitrogens with zero attached hydrogens (tertiary/aromatic N) is 1. The zero-order chi connectivity index (χ0) is 17.1. The van der Waals surface area contributed by atoms with Crippen molar-refractivity contribution in [1.82, 2.24) is 5.32 Å². The van der Waals surface area contributed by atoms with Gasteiger partial charge in [-0.3, -0.25) is 0 Å². The van der Waals surface area contributed by atoms with Crippen LogP contribution in [-0.2, 0) is 25.5 Å². The summed E-state index contributed by atoms with van der Waals surface area (Å²) in [5.41, 5.74) is 2.36. The van der Waals surface area contributed by atoms with Crippen molar-refractivity contribution in [2.45, 2.75) is 30.9 Å². The predicted octanol–water partition coefficient (Wildman–Crippen LogP) is 0.478. The van der Waals surface area contributed by atoms with Gasteiger partial charge in [-0.1, -0.05) is 12.1 Å². The maximum absolute atomic E-state index is 10.6. The van der Waals surface area contributed by atoms with Crippen LogP contribution in [0.5, 0.6) is 0 Å². The maximum Gasteiger partial charge on any atom is 0.329 e. The van der Waals surface area contributed by atoms with Crippen molar-refractivity contribution >= 4 is 11.7 Å². The smallest absolute Gasteiger partial charge is 0.329 e. The van der Waals surface area contributed by atoms with Crippen LogP contribution in [0.15, 0.2) is 24.3 Å². The molecule has 7 heteroatoms. The van der Waals surface area contributed by atoms with Crippen molar-refractivity contribution in [3.8, 4) is 0 Å². The van der Waals surface area contributed by atoms with Gasteiger partial charge in [-0.05, 0) is 17.7 Å². The van der Waals surface area contributed by atoms with Crippen LogP contribution >= 0.6 is 0 Å². The van der Waals surface area contributed by atoms with E-state index in [0.29, 0.717) is 13.2 Å². The molecule has 2 N–H and O–H groups in total. The summed E-state index contributed by atoms with van der Waals surface area (Å²) in [6, 6.07) is 8.47. The lowest BCUT2D eigenvalue weighted by atomic mass is 10.1. The molecule has 2 heterocycles. The fourth-order valence-corrected chi connectivity index (χ4v) is 3.12. The number of nitrogens with one attached hydrogen (secondary N) is 1. The Morgan fingerprint density at radius 3 is 2.62 bits per heavy atom. The summed E-state index contributed by atoms with van der Waals surface area (Å²) in [6.45, 7) is 1.32. The largest absolute Gasteiger partial charge is 0.480 e. The Balaban J connectivity index is 1.50. The van der Waals surface area contributed by atoms with Crippen LogP contribution in [0.1, 0.15) is 5.56 Å². The Hall–Kier alpha value is -1.67.